The maximum Gasteiger partial charge on any atom is 0.156 e. The van der Waals surface area contributed by atoms with Gasteiger partial charge in [-0.25, -0.2) is 0 Å². The Bertz CT molecular complexity index is 577. The van der Waals surface area contributed by atoms with Crippen molar-refractivity contribution in [1.29, 1.82) is 0 Å². The van der Waals surface area contributed by atoms with Crippen molar-refractivity contribution in [2.24, 2.45) is 0 Å². The van der Waals surface area contributed by atoms with Crippen LogP contribution in [0.3, 0.4) is 0 Å². The molecule has 20 heavy (non-hydrogen) atoms. The van der Waals surface area contributed by atoms with Gasteiger partial charge in [-0.2, -0.15) is 0 Å². The molecule has 0 saturated heterocycles. The third kappa shape index (κ3) is 2.85. The molecule has 0 bridgehead atoms. The van der Waals surface area contributed by atoms with Crippen molar-refractivity contribution < 1.29 is 4.52 Å². The molecular formula is C16H21N3O. The van der Waals surface area contributed by atoms with Crippen LogP contribution in [0, 0.1) is 0 Å². The summed E-state index contributed by atoms with van der Waals surface area (Å²) in [5, 5.41) is 7.47. The van der Waals surface area contributed by atoms with Crippen LogP contribution in [0.25, 0.3) is 0 Å². The van der Waals surface area contributed by atoms with Crippen molar-refractivity contribution in [3.05, 3.63) is 47.3 Å². The minimum Gasteiger partial charge on any atom is -0.363 e. The Morgan fingerprint density at radius 2 is 2.20 bits per heavy atom. The van der Waals surface area contributed by atoms with E-state index in [0.717, 1.165) is 37.5 Å². The highest BCUT2D eigenvalue weighted by Gasteiger charge is 2.19. The van der Waals surface area contributed by atoms with Crippen LogP contribution >= 0.6 is 0 Å². The van der Waals surface area contributed by atoms with Gasteiger partial charge in [0.05, 0.1) is 12.2 Å². The average Bonchev–Trinajstić information content (AvgIpc) is 3.05. The fourth-order valence-corrected chi connectivity index (χ4v) is 2.58. The van der Waals surface area contributed by atoms with Crippen LogP contribution in [0.15, 0.2) is 34.9 Å². The SMILES string of the molecule is CC(C)NCc1cc(CN2CCc3ccccc32)on1. The highest BCUT2D eigenvalue weighted by Crippen LogP contribution is 2.28. The number of fused-ring (bicyclic) bond motifs is 1. The fourth-order valence-electron chi connectivity index (χ4n) is 2.58. The second-order valence-corrected chi connectivity index (χ2v) is 5.62. The molecule has 0 atom stereocenters. The lowest BCUT2D eigenvalue weighted by Crippen LogP contribution is -2.22. The number of anilines is 1. The molecule has 1 aliphatic rings. The van der Waals surface area contributed by atoms with Gasteiger partial charge in [-0.1, -0.05) is 37.2 Å². The summed E-state index contributed by atoms with van der Waals surface area (Å²) in [5.41, 5.74) is 3.72. The third-order valence-corrected chi connectivity index (χ3v) is 3.63. The zero-order valence-corrected chi connectivity index (χ0v) is 12.1. The second kappa shape index (κ2) is 5.67. The van der Waals surface area contributed by atoms with Crippen LogP contribution in [0.4, 0.5) is 5.69 Å². The van der Waals surface area contributed by atoms with E-state index in [1.807, 2.05) is 0 Å². The molecule has 0 spiro atoms. The van der Waals surface area contributed by atoms with E-state index in [0.29, 0.717) is 6.04 Å². The molecule has 0 radical (unpaired) electrons. The van der Waals surface area contributed by atoms with Gasteiger partial charge in [0.15, 0.2) is 5.76 Å². The quantitative estimate of drug-likeness (QED) is 0.908. The highest BCUT2D eigenvalue weighted by molar-refractivity contribution is 5.57. The topological polar surface area (TPSA) is 41.3 Å². The number of benzene rings is 1. The molecule has 2 heterocycles. The van der Waals surface area contributed by atoms with Gasteiger partial charge in [-0.15, -0.1) is 0 Å². The molecule has 0 saturated carbocycles. The summed E-state index contributed by atoms with van der Waals surface area (Å²) in [7, 11) is 0. The number of hydrogen-bond acceptors (Lipinski definition) is 4. The average molecular weight is 271 g/mol. The normalized spacial score (nSPS) is 14.1. The number of hydrogen-bond donors (Lipinski definition) is 1. The maximum atomic E-state index is 5.44. The van der Waals surface area contributed by atoms with E-state index >= 15 is 0 Å². The molecule has 0 unspecified atom stereocenters. The van der Waals surface area contributed by atoms with Gasteiger partial charge in [-0.3, -0.25) is 0 Å². The van der Waals surface area contributed by atoms with Gasteiger partial charge >= 0.3 is 0 Å². The lowest BCUT2D eigenvalue weighted by molar-refractivity contribution is 0.373. The molecule has 0 fully saturated rings. The van der Waals surface area contributed by atoms with E-state index in [1.54, 1.807) is 0 Å². The summed E-state index contributed by atoms with van der Waals surface area (Å²) in [5.74, 6) is 0.933. The molecule has 1 aliphatic heterocycles. The summed E-state index contributed by atoms with van der Waals surface area (Å²) in [6.07, 6.45) is 1.12. The van der Waals surface area contributed by atoms with E-state index in [4.69, 9.17) is 4.52 Å². The first-order valence-electron chi connectivity index (χ1n) is 7.23. The first-order valence-corrected chi connectivity index (χ1v) is 7.23. The monoisotopic (exact) mass is 271 g/mol. The first-order chi connectivity index (χ1) is 9.72. The lowest BCUT2D eigenvalue weighted by Gasteiger charge is -2.17. The Kier molecular flexibility index (Phi) is 3.74. The largest absolute Gasteiger partial charge is 0.363 e. The van der Waals surface area contributed by atoms with E-state index in [9.17, 15) is 0 Å². The van der Waals surface area contributed by atoms with Crippen molar-refractivity contribution in [1.82, 2.24) is 10.5 Å². The van der Waals surface area contributed by atoms with Gasteiger partial charge in [0.25, 0.3) is 0 Å². The van der Waals surface area contributed by atoms with Crippen molar-refractivity contribution in [3.8, 4) is 0 Å². The van der Waals surface area contributed by atoms with Crippen LogP contribution < -0.4 is 10.2 Å². The van der Waals surface area contributed by atoms with Gasteiger partial charge < -0.3 is 14.7 Å². The molecule has 4 heteroatoms. The maximum absolute atomic E-state index is 5.44. The molecule has 1 N–H and O–H groups in total. The minimum atomic E-state index is 0.459. The van der Waals surface area contributed by atoms with Crippen molar-refractivity contribution >= 4 is 5.69 Å². The highest BCUT2D eigenvalue weighted by atomic mass is 16.5. The summed E-state index contributed by atoms with van der Waals surface area (Å²) in [6, 6.07) is 11.1. The van der Waals surface area contributed by atoms with Crippen molar-refractivity contribution in [2.75, 3.05) is 11.4 Å². The van der Waals surface area contributed by atoms with Gasteiger partial charge in [0.2, 0.25) is 0 Å². The molecular weight excluding hydrogens is 250 g/mol. The second-order valence-electron chi connectivity index (χ2n) is 5.62. The number of nitrogens with one attached hydrogen (secondary N) is 1. The summed E-state index contributed by atoms with van der Waals surface area (Å²) in [6.45, 7) is 6.87. The van der Waals surface area contributed by atoms with Crippen LogP contribution in [0.5, 0.6) is 0 Å². The molecule has 1 aromatic carbocycles. The standard InChI is InChI=1S/C16H21N3O/c1-12(2)17-10-14-9-15(20-18-14)11-19-8-7-13-5-3-4-6-16(13)19/h3-6,9,12,17H,7-8,10-11H2,1-2H3. The summed E-state index contributed by atoms with van der Waals surface area (Å²) in [4.78, 5) is 2.36. The minimum absolute atomic E-state index is 0.459. The number of para-hydroxylation sites is 1. The molecule has 1 aromatic heterocycles. The molecule has 106 valence electrons. The summed E-state index contributed by atoms with van der Waals surface area (Å²) >= 11 is 0. The molecule has 4 nitrogen and oxygen atoms in total. The molecule has 0 amide bonds. The van der Waals surface area contributed by atoms with Crippen LogP contribution in [0.2, 0.25) is 0 Å². The Balaban J connectivity index is 1.64. The molecule has 3 rings (SSSR count). The van der Waals surface area contributed by atoms with Gasteiger partial charge in [0.1, 0.15) is 0 Å². The van der Waals surface area contributed by atoms with Crippen molar-refractivity contribution in [3.63, 3.8) is 0 Å². The first kappa shape index (κ1) is 13.2. The van der Waals surface area contributed by atoms with Crippen LogP contribution in [-0.2, 0) is 19.5 Å². The Morgan fingerprint density at radius 3 is 3.05 bits per heavy atom. The third-order valence-electron chi connectivity index (χ3n) is 3.63. The van der Waals surface area contributed by atoms with Crippen molar-refractivity contribution in [2.45, 2.75) is 39.4 Å². The predicted octanol–water partition coefficient (Wildman–Crippen LogP) is 2.74. The zero-order valence-electron chi connectivity index (χ0n) is 12.1. The number of aromatic nitrogens is 1. The Hall–Kier alpha value is -1.81. The number of rotatable bonds is 5. The van der Waals surface area contributed by atoms with E-state index in [-0.39, 0.29) is 0 Å². The fraction of sp³-hybridized carbons (Fsp3) is 0.438. The lowest BCUT2D eigenvalue weighted by atomic mass is 10.2. The van der Waals surface area contributed by atoms with Crippen LogP contribution in [0.1, 0.15) is 30.9 Å². The Labute approximate surface area is 119 Å². The van der Waals surface area contributed by atoms with Gasteiger partial charge in [0, 0.05) is 30.9 Å². The van der Waals surface area contributed by atoms with Crippen LogP contribution in [-0.4, -0.2) is 17.7 Å². The van der Waals surface area contributed by atoms with Gasteiger partial charge in [-0.05, 0) is 18.1 Å². The molecule has 2 aromatic rings. The smallest absolute Gasteiger partial charge is 0.156 e. The van der Waals surface area contributed by atoms with E-state index < -0.39 is 0 Å². The molecule has 0 aliphatic carbocycles. The zero-order chi connectivity index (χ0) is 13.9. The summed E-state index contributed by atoms with van der Waals surface area (Å²) < 4.78 is 5.44. The Morgan fingerprint density at radius 1 is 1.35 bits per heavy atom. The number of nitrogens with zero attached hydrogens (tertiary/aromatic N) is 2. The van der Waals surface area contributed by atoms with E-state index in [1.165, 1.54) is 11.3 Å². The van der Waals surface area contributed by atoms with E-state index in [2.05, 4.69) is 59.6 Å². The predicted molar refractivity (Wildman–Crippen MR) is 79.7 cm³/mol.